The maximum Gasteiger partial charge on any atom is 0.305 e. The van der Waals surface area contributed by atoms with Crippen LogP contribution in [0.25, 0.3) is 0 Å². The molecule has 6 heteroatoms. The topological polar surface area (TPSA) is 95.9 Å². The molecule has 0 aromatic heterocycles. The zero-order chi connectivity index (χ0) is 63.5. The third-order valence-corrected chi connectivity index (χ3v) is 19.2. The highest BCUT2D eigenvalue weighted by molar-refractivity contribution is 5.76. The molecule has 0 radical (unpaired) electrons. The smallest absolute Gasteiger partial charge is 0.305 e. The van der Waals surface area contributed by atoms with Crippen LogP contribution in [-0.4, -0.2) is 47.4 Å². The van der Waals surface area contributed by atoms with Crippen molar-refractivity contribution < 1.29 is 24.5 Å². The largest absolute Gasteiger partial charge is 0.466 e. The van der Waals surface area contributed by atoms with Crippen LogP contribution in [0.3, 0.4) is 0 Å². The van der Waals surface area contributed by atoms with Crippen molar-refractivity contribution in [2.24, 2.45) is 0 Å². The van der Waals surface area contributed by atoms with Gasteiger partial charge in [0.1, 0.15) is 0 Å². The molecule has 522 valence electrons. The van der Waals surface area contributed by atoms with Gasteiger partial charge in [0, 0.05) is 12.8 Å². The molecule has 0 rings (SSSR count). The normalized spacial score (nSPS) is 12.5. The molecule has 6 nitrogen and oxygen atoms in total. The molecule has 0 saturated heterocycles. The molecule has 0 aliphatic rings. The second kappa shape index (κ2) is 77.8. The molecule has 0 aliphatic heterocycles. The van der Waals surface area contributed by atoms with E-state index in [1.165, 1.54) is 392 Å². The number of hydrogen-bond acceptors (Lipinski definition) is 5. The van der Waals surface area contributed by atoms with E-state index in [0.717, 1.165) is 44.9 Å². The molecule has 0 spiro atoms. The van der Waals surface area contributed by atoms with E-state index in [2.05, 4.69) is 31.3 Å². The first-order valence-electron chi connectivity index (χ1n) is 40.6. The van der Waals surface area contributed by atoms with E-state index in [0.29, 0.717) is 19.4 Å². The van der Waals surface area contributed by atoms with Crippen LogP contribution >= 0.6 is 0 Å². The van der Waals surface area contributed by atoms with E-state index < -0.39 is 12.1 Å². The molecule has 0 bridgehead atoms. The molecule has 2 atom stereocenters. The van der Waals surface area contributed by atoms with Gasteiger partial charge in [0.2, 0.25) is 5.91 Å². The van der Waals surface area contributed by atoms with Gasteiger partial charge in [-0.1, -0.05) is 423 Å². The first-order valence-corrected chi connectivity index (χ1v) is 40.6. The van der Waals surface area contributed by atoms with E-state index >= 15 is 0 Å². The van der Waals surface area contributed by atoms with Crippen molar-refractivity contribution in [3.8, 4) is 0 Å². The summed E-state index contributed by atoms with van der Waals surface area (Å²) in [6.07, 6.45) is 100. The summed E-state index contributed by atoms with van der Waals surface area (Å²) in [7, 11) is 0. The maximum absolute atomic E-state index is 12.6. The first-order chi connectivity index (χ1) is 43.5. The molecule has 0 heterocycles. The molecule has 2 unspecified atom stereocenters. The lowest BCUT2D eigenvalue weighted by Gasteiger charge is -2.20. The minimum atomic E-state index is -0.841. The molecular formula is C82H159NO5. The Labute approximate surface area is 551 Å². The number of hydrogen-bond donors (Lipinski definition) is 3. The van der Waals surface area contributed by atoms with Gasteiger partial charge in [-0.25, -0.2) is 0 Å². The average molecular weight is 1240 g/mol. The third-order valence-electron chi connectivity index (χ3n) is 19.2. The van der Waals surface area contributed by atoms with Crippen molar-refractivity contribution >= 4 is 11.9 Å². The maximum atomic E-state index is 12.6. The second-order valence-electron chi connectivity index (χ2n) is 28.1. The average Bonchev–Trinajstić information content (AvgIpc) is 3.57. The van der Waals surface area contributed by atoms with E-state index in [1.807, 2.05) is 6.08 Å². The van der Waals surface area contributed by atoms with E-state index in [9.17, 15) is 19.8 Å². The van der Waals surface area contributed by atoms with Gasteiger partial charge in [-0.05, 0) is 51.4 Å². The van der Waals surface area contributed by atoms with E-state index in [4.69, 9.17) is 4.74 Å². The number of carbonyl (C=O) groups is 2. The lowest BCUT2D eigenvalue weighted by Crippen LogP contribution is -2.45. The summed E-state index contributed by atoms with van der Waals surface area (Å²) >= 11 is 0. The van der Waals surface area contributed by atoms with Gasteiger partial charge in [-0.3, -0.25) is 9.59 Å². The fourth-order valence-corrected chi connectivity index (χ4v) is 13.0. The van der Waals surface area contributed by atoms with Crippen molar-refractivity contribution in [2.75, 3.05) is 13.2 Å². The summed E-state index contributed by atoms with van der Waals surface area (Å²) in [4.78, 5) is 24.6. The van der Waals surface area contributed by atoms with Crippen LogP contribution in [0.4, 0.5) is 0 Å². The highest BCUT2D eigenvalue weighted by Crippen LogP contribution is 2.20. The lowest BCUT2D eigenvalue weighted by molar-refractivity contribution is -0.143. The SMILES string of the molecule is CCCC/C=C\CCCCCCCC(=O)OCCCCCCCCCCCCCCCCCCCCCCCCCCCCCCCCCCCCCCCC(=O)NC(CO)C(O)/C=C/CCCCCCCCCCCCCCCCCCCCCCC. The highest BCUT2D eigenvalue weighted by atomic mass is 16.5. The zero-order valence-corrected chi connectivity index (χ0v) is 60.0. The minimum absolute atomic E-state index is 0.0128. The highest BCUT2D eigenvalue weighted by Gasteiger charge is 2.18. The molecule has 0 aliphatic carbocycles. The number of amides is 1. The fourth-order valence-electron chi connectivity index (χ4n) is 13.0. The standard InChI is InChI=1S/C82H159NO5/c1-3-5-7-9-11-13-15-16-17-18-19-20-36-39-42-45-48-51-55-58-62-66-70-74-80(85)79(78-84)83-81(86)75-71-67-63-59-56-52-49-46-43-40-37-34-32-30-28-26-24-22-21-23-25-27-29-31-33-35-38-41-44-47-50-53-57-61-65-69-73-77-88-82(87)76-72-68-64-60-54-14-12-10-8-6-4-2/h10,12,70,74,79-80,84-85H,3-9,11,13-69,71-73,75-78H2,1-2H3,(H,83,86)/b12-10-,74-70+. The molecule has 88 heavy (non-hydrogen) atoms. The van der Waals surface area contributed by atoms with Gasteiger partial charge in [-0.15, -0.1) is 0 Å². The summed E-state index contributed by atoms with van der Waals surface area (Å²) in [5.41, 5.74) is 0. The Balaban J connectivity index is 3.33. The van der Waals surface area contributed by atoms with Crippen molar-refractivity contribution in [1.82, 2.24) is 5.32 Å². The van der Waals surface area contributed by atoms with Crippen LogP contribution in [0, 0.1) is 0 Å². The number of rotatable bonds is 77. The van der Waals surface area contributed by atoms with Crippen LogP contribution in [0.2, 0.25) is 0 Å². The Morgan fingerprint density at radius 1 is 0.307 bits per heavy atom. The first kappa shape index (κ1) is 86.3. The monoisotopic (exact) mass is 1240 g/mol. The van der Waals surface area contributed by atoms with Gasteiger partial charge < -0.3 is 20.3 Å². The Morgan fingerprint density at radius 3 is 0.841 bits per heavy atom. The van der Waals surface area contributed by atoms with Crippen molar-refractivity contribution in [3.05, 3.63) is 24.3 Å². The molecule has 0 aromatic carbocycles. The minimum Gasteiger partial charge on any atom is -0.466 e. The van der Waals surface area contributed by atoms with Crippen LogP contribution in [0.5, 0.6) is 0 Å². The molecule has 0 saturated carbocycles. The van der Waals surface area contributed by atoms with Crippen LogP contribution in [-0.2, 0) is 14.3 Å². The van der Waals surface area contributed by atoms with Gasteiger partial charge in [0.05, 0.1) is 25.4 Å². The Hall–Kier alpha value is -1.66. The molecule has 0 aromatic rings. The van der Waals surface area contributed by atoms with Crippen LogP contribution in [0.1, 0.15) is 463 Å². The number of carbonyl (C=O) groups excluding carboxylic acids is 2. The van der Waals surface area contributed by atoms with Crippen LogP contribution in [0.15, 0.2) is 24.3 Å². The summed E-state index contributed by atoms with van der Waals surface area (Å²) in [5.74, 6) is -0.0441. The second-order valence-corrected chi connectivity index (χ2v) is 28.1. The predicted molar refractivity (Wildman–Crippen MR) is 389 cm³/mol. The molecular weight excluding hydrogens is 1080 g/mol. The summed E-state index contributed by atoms with van der Waals surface area (Å²) in [6, 6.07) is -0.624. The number of allylic oxidation sites excluding steroid dienone is 3. The van der Waals surface area contributed by atoms with Gasteiger partial charge in [-0.2, -0.15) is 0 Å². The van der Waals surface area contributed by atoms with Crippen molar-refractivity contribution in [1.29, 1.82) is 0 Å². The van der Waals surface area contributed by atoms with Gasteiger partial charge >= 0.3 is 5.97 Å². The van der Waals surface area contributed by atoms with Gasteiger partial charge in [0.15, 0.2) is 0 Å². The van der Waals surface area contributed by atoms with E-state index in [-0.39, 0.29) is 18.5 Å². The Morgan fingerprint density at radius 2 is 0.545 bits per heavy atom. The summed E-state index contributed by atoms with van der Waals surface area (Å²) in [6.45, 7) is 4.92. The fraction of sp³-hybridized carbons (Fsp3) is 0.927. The molecule has 0 fully saturated rings. The Kier molecular flexibility index (Phi) is 76.3. The predicted octanol–water partition coefficient (Wildman–Crippen LogP) is 26.8. The lowest BCUT2D eigenvalue weighted by atomic mass is 10.0. The number of aliphatic hydroxyl groups is 2. The molecule has 3 N–H and O–H groups in total. The van der Waals surface area contributed by atoms with E-state index in [1.54, 1.807) is 6.08 Å². The third kappa shape index (κ3) is 73.4. The number of ether oxygens (including phenoxy) is 1. The number of nitrogens with one attached hydrogen (secondary N) is 1. The van der Waals surface area contributed by atoms with Crippen molar-refractivity contribution in [3.63, 3.8) is 0 Å². The Bertz CT molecular complexity index is 1380. The zero-order valence-electron chi connectivity index (χ0n) is 60.0. The number of aliphatic hydroxyl groups excluding tert-OH is 2. The summed E-state index contributed by atoms with van der Waals surface area (Å²) < 4.78 is 5.48. The van der Waals surface area contributed by atoms with Gasteiger partial charge in [0.25, 0.3) is 0 Å². The quantitative estimate of drug-likeness (QED) is 0.0320. The number of unbranched alkanes of at least 4 members (excludes halogenated alkanes) is 64. The van der Waals surface area contributed by atoms with Crippen molar-refractivity contribution in [2.45, 2.75) is 475 Å². The number of esters is 1. The summed E-state index contributed by atoms with van der Waals surface area (Å²) in [5, 5.41) is 23.3. The van der Waals surface area contributed by atoms with Crippen LogP contribution < -0.4 is 5.32 Å². The molecule has 1 amide bonds.